The van der Waals surface area contributed by atoms with Crippen molar-refractivity contribution in [2.45, 2.75) is 18.6 Å². The molecular weight excluding hydrogens is 440 g/mol. The molecule has 8 nitrogen and oxygen atoms in total. The van der Waals surface area contributed by atoms with Crippen LogP contribution in [0.25, 0.3) is 11.3 Å². The van der Waals surface area contributed by atoms with Gasteiger partial charge in [-0.25, -0.2) is 0 Å². The quantitative estimate of drug-likeness (QED) is 0.384. The van der Waals surface area contributed by atoms with E-state index in [2.05, 4.69) is 20.8 Å². The van der Waals surface area contributed by atoms with Crippen molar-refractivity contribution in [3.8, 4) is 17.1 Å². The first-order valence-electron chi connectivity index (χ1n) is 10.4. The second-order valence-electron chi connectivity index (χ2n) is 7.02. The number of amides is 2. The van der Waals surface area contributed by atoms with Gasteiger partial charge in [0.25, 0.3) is 0 Å². The molecule has 0 spiro atoms. The van der Waals surface area contributed by atoms with Crippen LogP contribution in [-0.2, 0) is 9.59 Å². The Morgan fingerprint density at radius 3 is 2.70 bits per heavy atom. The van der Waals surface area contributed by atoms with Crippen molar-refractivity contribution in [3.05, 3.63) is 72.5 Å². The van der Waals surface area contributed by atoms with Crippen LogP contribution in [0.4, 0.5) is 5.69 Å². The van der Waals surface area contributed by atoms with Crippen LogP contribution < -0.4 is 15.4 Å². The van der Waals surface area contributed by atoms with E-state index in [0.29, 0.717) is 23.2 Å². The van der Waals surface area contributed by atoms with E-state index in [1.807, 2.05) is 43.3 Å². The van der Waals surface area contributed by atoms with Crippen molar-refractivity contribution < 1.29 is 18.7 Å². The number of ether oxygens (including phenoxy) is 1. The molecule has 9 heteroatoms. The van der Waals surface area contributed by atoms with E-state index in [9.17, 15) is 9.59 Å². The van der Waals surface area contributed by atoms with Crippen LogP contribution in [0, 0.1) is 0 Å². The van der Waals surface area contributed by atoms with E-state index >= 15 is 0 Å². The first-order valence-corrected chi connectivity index (χ1v) is 11.2. The normalized spacial score (nSPS) is 16.8. The number of hydrogen-bond acceptors (Lipinski definition) is 7. The van der Waals surface area contributed by atoms with Crippen molar-refractivity contribution >= 4 is 40.6 Å². The van der Waals surface area contributed by atoms with Gasteiger partial charge in [-0.15, -0.1) is 5.10 Å². The number of nitrogens with zero attached hydrogens (tertiary/aromatic N) is 2. The van der Waals surface area contributed by atoms with Gasteiger partial charge in [-0.1, -0.05) is 42.1 Å². The predicted octanol–water partition coefficient (Wildman–Crippen LogP) is 4.30. The predicted molar refractivity (Wildman–Crippen MR) is 130 cm³/mol. The Labute approximate surface area is 195 Å². The summed E-state index contributed by atoms with van der Waals surface area (Å²) in [6, 6.07) is 20.4. The summed E-state index contributed by atoms with van der Waals surface area (Å²) < 4.78 is 11.1. The van der Waals surface area contributed by atoms with Crippen LogP contribution in [0.5, 0.6) is 5.75 Å². The molecular formula is C24H22N4O4S. The zero-order valence-corrected chi connectivity index (χ0v) is 18.7. The van der Waals surface area contributed by atoms with Crippen LogP contribution in [0.1, 0.15) is 19.1 Å². The molecule has 2 N–H and O–H groups in total. The van der Waals surface area contributed by atoms with E-state index in [4.69, 9.17) is 9.15 Å². The Kier molecular flexibility index (Phi) is 7.21. The first-order chi connectivity index (χ1) is 16.1. The van der Waals surface area contributed by atoms with Gasteiger partial charge in [0.05, 0.1) is 12.8 Å². The zero-order chi connectivity index (χ0) is 23.0. The maximum absolute atomic E-state index is 12.3. The van der Waals surface area contributed by atoms with Crippen LogP contribution in [0.3, 0.4) is 0 Å². The average Bonchev–Trinajstić information content (AvgIpc) is 3.43. The Morgan fingerprint density at radius 1 is 1.15 bits per heavy atom. The number of thioether (sulfide) groups is 1. The number of rotatable bonds is 8. The van der Waals surface area contributed by atoms with E-state index < -0.39 is 5.25 Å². The molecule has 0 saturated carbocycles. The van der Waals surface area contributed by atoms with Gasteiger partial charge in [0.2, 0.25) is 11.8 Å². The van der Waals surface area contributed by atoms with Gasteiger partial charge >= 0.3 is 0 Å². The molecule has 3 aromatic rings. The van der Waals surface area contributed by atoms with Crippen molar-refractivity contribution in [1.29, 1.82) is 0 Å². The molecule has 2 aromatic carbocycles. The van der Waals surface area contributed by atoms with E-state index in [1.54, 1.807) is 30.3 Å². The summed E-state index contributed by atoms with van der Waals surface area (Å²) in [5.41, 5.74) is 1.60. The standard InChI is InChI=1S/C24H22N4O4S/c1-2-31-18-10-8-17(9-11-18)26-22(29)14-21-23(30)27-24(33-21)28-25-15-19-12-13-20(32-19)16-6-4-3-5-7-16/h3-13,15,21H,2,14H2,1H3,(H,26,29)(H,27,28,30)/b25-15+. The summed E-state index contributed by atoms with van der Waals surface area (Å²) in [7, 11) is 0. The Morgan fingerprint density at radius 2 is 1.94 bits per heavy atom. The molecule has 1 aliphatic heterocycles. The Bertz CT molecular complexity index is 1170. The first kappa shape index (κ1) is 22.3. The van der Waals surface area contributed by atoms with Crippen molar-refractivity contribution in [3.63, 3.8) is 0 Å². The summed E-state index contributed by atoms with van der Waals surface area (Å²) in [6.07, 6.45) is 1.49. The number of nitrogens with one attached hydrogen (secondary N) is 2. The molecule has 2 heterocycles. The highest BCUT2D eigenvalue weighted by molar-refractivity contribution is 8.15. The van der Waals surface area contributed by atoms with Crippen molar-refractivity contribution in [2.75, 3.05) is 11.9 Å². The SMILES string of the molecule is CCOc1ccc(NC(=O)CC2S/C(=N\N=C\c3ccc(-c4ccccc4)o3)NC2=O)cc1. The summed E-state index contributed by atoms with van der Waals surface area (Å²) in [4.78, 5) is 24.5. The number of carbonyl (C=O) groups excluding carboxylic acids is 2. The molecule has 0 bridgehead atoms. The second kappa shape index (κ2) is 10.6. The highest BCUT2D eigenvalue weighted by atomic mass is 32.2. The van der Waals surface area contributed by atoms with Gasteiger partial charge < -0.3 is 19.8 Å². The fourth-order valence-corrected chi connectivity index (χ4v) is 4.01. The number of carbonyl (C=O) groups is 2. The summed E-state index contributed by atoms with van der Waals surface area (Å²) in [5.74, 6) is 1.46. The molecule has 1 saturated heterocycles. The lowest BCUT2D eigenvalue weighted by atomic mass is 10.2. The minimum Gasteiger partial charge on any atom is -0.494 e. The van der Waals surface area contributed by atoms with Crippen LogP contribution >= 0.6 is 11.8 Å². The van der Waals surface area contributed by atoms with E-state index in [0.717, 1.165) is 17.1 Å². The molecule has 168 valence electrons. The number of benzene rings is 2. The highest BCUT2D eigenvalue weighted by Crippen LogP contribution is 2.24. The number of anilines is 1. The molecule has 0 radical (unpaired) electrons. The Hall–Kier alpha value is -3.85. The highest BCUT2D eigenvalue weighted by Gasteiger charge is 2.32. The Balaban J connectivity index is 1.29. The summed E-state index contributed by atoms with van der Waals surface area (Å²) in [6.45, 7) is 2.48. The third-order valence-electron chi connectivity index (χ3n) is 4.61. The summed E-state index contributed by atoms with van der Waals surface area (Å²) in [5, 5.41) is 13.2. The number of amidine groups is 1. The maximum Gasteiger partial charge on any atom is 0.240 e. The third-order valence-corrected chi connectivity index (χ3v) is 5.69. The number of furan rings is 1. The molecule has 1 aliphatic rings. The molecule has 4 rings (SSSR count). The summed E-state index contributed by atoms with van der Waals surface area (Å²) >= 11 is 1.17. The largest absolute Gasteiger partial charge is 0.494 e. The monoisotopic (exact) mass is 462 g/mol. The zero-order valence-electron chi connectivity index (χ0n) is 17.9. The smallest absolute Gasteiger partial charge is 0.240 e. The molecule has 1 aromatic heterocycles. The second-order valence-corrected chi connectivity index (χ2v) is 8.21. The lowest BCUT2D eigenvalue weighted by Gasteiger charge is -2.08. The molecule has 0 aliphatic carbocycles. The fraction of sp³-hybridized carbons (Fsp3) is 0.167. The lowest BCUT2D eigenvalue weighted by Crippen LogP contribution is -2.28. The molecule has 1 unspecified atom stereocenters. The minimum atomic E-state index is -0.574. The maximum atomic E-state index is 12.3. The van der Waals surface area contributed by atoms with E-state index in [1.165, 1.54) is 18.0 Å². The van der Waals surface area contributed by atoms with Crippen LogP contribution in [0.2, 0.25) is 0 Å². The molecule has 1 atom stereocenters. The van der Waals surface area contributed by atoms with Gasteiger partial charge in [0.1, 0.15) is 22.5 Å². The third kappa shape index (κ3) is 6.11. The van der Waals surface area contributed by atoms with E-state index in [-0.39, 0.29) is 18.2 Å². The molecule has 2 amide bonds. The fourth-order valence-electron chi connectivity index (χ4n) is 3.09. The van der Waals surface area contributed by atoms with Crippen LogP contribution in [-0.4, -0.2) is 35.1 Å². The average molecular weight is 463 g/mol. The lowest BCUT2D eigenvalue weighted by molar-refractivity contribution is -0.122. The van der Waals surface area contributed by atoms with Gasteiger partial charge in [-0.2, -0.15) is 5.10 Å². The van der Waals surface area contributed by atoms with Crippen LogP contribution in [0.15, 0.2) is 81.4 Å². The topological polar surface area (TPSA) is 105 Å². The molecule has 33 heavy (non-hydrogen) atoms. The molecule has 1 fully saturated rings. The van der Waals surface area contributed by atoms with Crippen molar-refractivity contribution in [1.82, 2.24) is 5.32 Å². The van der Waals surface area contributed by atoms with Gasteiger partial charge in [-0.3, -0.25) is 9.59 Å². The van der Waals surface area contributed by atoms with Crippen molar-refractivity contribution in [2.24, 2.45) is 10.2 Å². The number of hydrogen-bond donors (Lipinski definition) is 2. The van der Waals surface area contributed by atoms with Gasteiger partial charge in [0.15, 0.2) is 5.17 Å². The van der Waals surface area contributed by atoms with Gasteiger partial charge in [0, 0.05) is 17.7 Å². The van der Waals surface area contributed by atoms with Gasteiger partial charge in [-0.05, 0) is 43.3 Å². The minimum absolute atomic E-state index is 0.0189.